The van der Waals surface area contributed by atoms with Crippen LogP contribution in [0.25, 0.3) is 0 Å². The van der Waals surface area contributed by atoms with Crippen molar-refractivity contribution in [1.29, 1.82) is 0 Å². The van der Waals surface area contributed by atoms with E-state index in [1.165, 1.54) is 0 Å². The molecule has 0 heterocycles. The first kappa shape index (κ1) is 15.9. The number of nitrogens with two attached hydrogens (primary N) is 1. The highest BCUT2D eigenvalue weighted by Gasteiger charge is 2.13. The number of carbonyl (C=O) groups is 1. The number of hydrogen-bond acceptors (Lipinski definition) is 3. The highest BCUT2D eigenvalue weighted by molar-refractivity contribution is 5.97. The first-order chi connectivity index (χ1) is 10.6. The Balaban J connectivity index is 2.12. The fraction of sp³-hybridized carbons (Fsp3) is 0.278. The fourth-order valence-corrected chi connectivity index (χ4v) is 1.97. The van der Waals surface area contributed by atoms with E-state index in [0.29, 0.717) is 36.1 Å². The summed E-state index contributed by atoms with van der Waals surface area (Å²) in [6.45, 7) is 5.13. The summed E-state index contributed by atoms with van der Waals surface area (Å²) in [5, 5.41) is 2.90. The van der Waals surface area contributed by atoms with Gasteiger partial charge in [0.15, 0.2) is 0 Å². The second kappa shape index (κ2) is 7.50. The van der Waals surface area contributed by atoms with Crippen LogP contribution < -0.4 is 15.8 Å². The van der Waals surface area contributed by atoms with Gasteiger partial charge in [-0.15, -0.1) is 0 Å². The first-order valence-corrected chi connectivity index (χ1v) is 7.40. The molecule has 3 N–H and O–H groups in total. The Morgan fingerprint density at radius 1 is 1.18 bits per heavy atom. The van der Waals surface area contributed by atoms with Crippen LogP contribution in [0.2, 0.25) is 0 Å². The highest BCUT2D eigenvalue weighted by Crippen LogP contribution is 2.23. The molecule has 116 valence electrons. The number of ether oxygens (including phenoxy) is 1. The second-order valence-corrected chi connectivity index (χ2v) is 5.63. The summed E-state index contributed by atoms with van der Waals surface area (Å²) in [5.41, 5.74) is 7.93. The largest absolute Gasteiger partial charge is 0.488 e. The third kappa shape index (κ3) is 4.52. The quantitative estimate of drug-likeness (QED) is 0.805. The summed E-state index contributed by atoms with van der Waals surface area (Å²) in [7, 11) is 0. The summed E-state index contributed by atoms with van der Waals surface area (Å²) in [5.74, 6) is 0.758. The number of rotatable bonds is 6. The lowest BCUT2D eigenvalue weighted by Gasteiger charge is -2.13. The SMILES string of the molecule is CC(C)CNC(=O)c1ccc(N)cc1OCc1ccccc1. The molecule has 4 heteroatoms. The van der Waals surface area contributed by atoms with E-state index in [2.05, 4.69) is 19.2 Å². The Kier molecular flexibility index (Phi) is 5.42. The molecule has 0 atom stereocenters. The van der Waals surface area contributed by atoms with Gasteiger partial charge in [-0.05, 0) is 23.6 Å². The Morgan fingerprint density at radius 2 is 1.91 bits per heavy atom. The van der Waals surface area contributed by atoms with Gasteiger partial charge in [0.2, 0.25) is 0 Å². The van der Waals surface area contributed by atoms with E-state index in [4.69, 9.17) is 10.5 Å². The third-order valence-electron chi connectivity index (χ3n) is 3.16. The van der Waals surface area contributed by atoms with Gasteiger partial charge in [0, 0.05) is 18.3 Å². The van der Waals surface area contributed by atoms with Crippen LogP contribution in [-0.2, 0) is 6.61 Å². The second-order valence-electron chi connectivity index (χ2n) is 5.63. The molecule has 0 aromatic heterocycles. The van der Waals surface area contributed by atoms with Crippen molar-refractivity contribution < 1.29 is 9.53 Å². The van der Waals surface area contributed by atoms with Crippen LogP contribution in [0.15, 0.2) is 48.5 Å². The zero-order chi connectivity index (χ0) is 15.9. The molecule has 0 saturated carbocycles. The standard InChI is InChI=1S/C18H22N2O2/c1-13(2)11-20-18(21)16-9-8-15(19)10-17(16)22-12-14-6-4-3-5-7-14/h3-10,13H,11-12,19H2,1-2H3,(H,20,21). The summed E-state index contributed by atoms with van der Waals surface area (Å²) < 4.78 is 5.79. The van der Waals surface area contributed by atoms with Gasteiger partial charge < -0.3 is 15.8 Å². The average Bonchev–Trinajstić information content (AvgIpc) is 2.51. The number of amides is 1. The molecule has 22 heavy (non-hydrogen) atoms. The number of hydrogen-bond donors (Lipinski definition) is 2. The fourth-order valence-electron chi connectivity index (χ4n) is 1.97. The molecular weight excluding hydrogens is 276 g/mol. The van der Waals surface area contributed by atoms with Crippen molar-refractivity contribution in [3.8, 4) is 5.75 Å². The lowest BCUT2D eigenvalue weighted by atomic mass is 10.1. The van der Waals surface area contributed by atoms with E-state index in [1.807, 2.05) is 30.3 Å². The van der Waals surface area contributed by atoms with Crippen LogP contribution in [-0.4, -0.2) is 12.5 Å². The lowest BCUT2D eigenvalue weighted by molar-refractivity contribution is 0.0944. The van der Waals surface area contributed by atoms with E-state index in [1.54, 1.807) is 18.2 Å². The van der Waals surface area contributed by atoms with Gasteiger partial charge in [-0.1, -0.05) is 44.2 Å². The molecule has 2 aromatic rings. The van der Waals surface area contributed by atoms with Crippen molar-refractivity contribution >= 4 is 11.6 Å². The zero-order valence-electron chi connectivity index (χ0n) is 13.0. The monoisotopic (exact) mass is 298 g/mol. The molecule has 0 saturated heterocycles. The maximum absolute atomic E-state index is 12.3. The first-order valence-electron chi connectivity index (χ1n) is 7.40. The summed E-state index contributed by atoms with van der Waals surface area (Å²) in [6, 6.07) is 14.9. The van der Waals surface area contributed by atoms with Gasteiger partial charge in [0.05, 0.1) is 5.56 Å². The minimum atomic E-state index is -0.142. The predicted molar refractivity (Wildman–Crippen MR) is 88.8 cm³/mol. The van der Waals surface area contributed by atoms with Gasteiger partial charge in [-0.25, -0.2) is 0 Å². The maximum Gasteiger partial charge on any atom is 0.255 e. The van der Waals surface area contributed by atoms with Crippen molar-refractivity contribution in [3.63, 3.8) is 0 Å². The van der Waals surface area contributed by atoms with Crippen LogP contribution in [0.3, 0.4) is 0 Å². The van der Waals surface area contributed by atoms with Crippen molar-refractivity contribution in [3.05, 3.63) is 59.7 Å². The number of nitrogens with one attached hydrogen (secondary N) is 1. The van der Waals surface area contributed by atoms with Gasteiger partial charge in [0.25, 0.3) is 5.91 Å². The van der Waals surface area contributed by atoms with Crippen molar-refractivity contribution in [1.82, 2.24) is 5.32 Å². The van der Waals surface area contributed by atoms with E-state index in [9.17, 15) is 4.79 Å². The van der Waals surface area contributed by atoms with Crippen LogP contribution in [0.1, 0.15) is 29.8 Å². The van der Waals surface area contributed by atoms with Crippen molar-refractivity contribution in [2.75, 3.05) is 12.3 Å². The molecule has 0 radical (unpaired) electrons. The van der Waals surface area contributed by atoms with Crippen LogP contribution in [0, 0.1) is 5.92 Å². The molecule has 0 spiro atoms. The summed E-state index contributed by atoms with van der Waals surface area (Å²) >= 11 is 0. The molecule has 0 unspecified atom stereocenters. The Morgan fingerprint density at radius 3 is 2.59 bits per heavy atom. The van der Waals surface area contributed by atoms with E-state index in [-0.39, 0.29) is 5.91 Å². The Labute approximate surface area is 131 Å². The number of anilines is 1. The Hall–Kier alpha value is -2.49. The van der Waals surface area contributed by atoms with Crippen LogP contribution >= 0.6 is 0 Å². The normalized spacial score (nSPS) is 10.5. The van der Waals surface area contributed by atoms with Gasteiger partial charge in [-0.2, -0.15) is 0 Å². The Bertz CT molecular complexity index is 624. The molecule has 2 aromatic carbocycles. The summed E-state index contributed by atoms with van der Waals surface area (Å²) in [6.07, 6.45) is 0. The number of nitrogen functional groups attached to an aromatic ring is 1. The van der Waals surface area contributed by atoms with Crippen LogP contribution in [0.4, 0.5) is 5.69 Å². The predicted octanol–water partition coefficient (Wildman–Crippen LogP) is 3.23. The van der Waals surface area contributed by atoms with Crippen molar-refractivity contribution in [2.45, 2.75) is 20.5 Å². The lowest BCUT2D eigenvalue weighted by Crippen LogP contribution is -2.27. The topological polar surface area (TPSA) is 64.4 Å². The molecule has 1 amide bonds. The number of benzene rings is 2. The van der Waals surface area contributed by atoms with E-state index in [0.717, 1.165) is 5.56 Å². The maximum atomic E-state index is 12.3. The molecule has 0 aliphatic rings. The number of carbonyl (C=O) groups excluding carboxylic acids is 1. The van der Waals surface area contributed by atoms with Crippen LogP contribution in [0.5, 0.6) is 5.75 Å². The minimum Gasteiger partial charge on any atom is -0.488 e. The zero-order valence-corrected chi connectivity index (χ0v) is 13.0. The smallest absolute Gasteiger partial charge is 0.255 e. The molecule has 0 fully saturated rings. The average molecular weight is 298 g/mol. The summed E-state index contributed by atoms with van der Waals surface area (Å²) in [4.78, 5) is 12.3. The van der Waals surface area contributed by atoms with E-state index < -0.39 is 0 Å². The minimum absolute atomic E-state index is 0.142. The highest BCUT2D eigenvalue weighted by atomic mass is 16.5. The van der Waals surface area contributed by atoms with Gasteiger partial charge >= 0.3 is 0 Å². The molecule has 2 rings (SSSR count). The molecule has 4 nitrogen and oxygen atoms in total. The molecule has 0 aliphatic carbocycles. The van der Waals surface area contributed by atoms with Gasteiger partial charge in [0.1, 0.15) is 12.4 Å². The molecule has 0 bridgehead atoms. The molecule has 0 aliphatic heterocycles. The third-order valence-corrected chi connectivity index (χ3v) is 3.16. The van der Waals surface area contributed by atoms with Crippen molar-refractivity contribution in [2.24, 2.45) is 5.92 Å². The van der Waals surface area contributed by atoms with Gasteiger partial charge in [-0.3, -0.25) is 4.79 Å². The molecular formula is C18H22N2O2. The van der Waals surface area contributed by atoms with E-state index >= 15 is 0 Å².